The number of primary amides is 1. The van der Waals surface area contributed by atoms with Crippen LogP contribution in [0.3, 0.4) is 0 Å². The van der Waals surface area contributed by atoms with Crippen LogP contribution in [0, 0.1) is 5.82 Å². The topological polar surface area (TPSA) is 110 Å². The van der Waals surface area contributed by atoms with E-state index in [1.165, 1.54) is 23.5 Å². The molecule has 1 aromatic carbocycles. The third kappa shape index (κ3) is 3.56. The number of hydrogen-bond acceptors (Lipinski definition) is 5. The summed E-state index contributed by atoms with van der Waals surface area (Å²) in [4.78, 5) is 25.8. The largest absolute Gasteiger partial charge is 0.365 e. The van der Waals surface area contributed by atoms with Crippen LogP contribution >= 0.6 is 11.3 Å². The van der Waals surface area contributed by atoms with Gasteiger partial charge >= 0.3 is 0 Å². The van der Waals surface area contributed by atoms with Crippen molar-refractivity contribution in [1.82, 2.24) is 4.31 Å². The minimum absolute atomic E-state index is 0.0634. The highest BCUT2D eigenvalue weighted by Gasteiger charge is 2.40. The van der Waals surface area contributed by atoms with Gasteiger partial charge in [0.2, 0.25) is 15.9 Å². The van der Waals surface area contributed by atoms with Gasteiger partial charge in [0, 0.05) is 11.4 Å². The lowest BCUT2D eigenvalue weighted by molar-refractivity contribution is -0.119. The number of sulfonamides is 1. The predicted molar refractivity (Wildman–Crippen MR) is 107 cm³/mol. The molecule has 10 heteroatoms. The van der Waals surface area contributed by atoms with Crippen LogP contribution in [0.5, 0.6) is 0 Å². The van der Waals surface area contributed by atoms with E-state index in [9.17, 15) is 22.4 Å². The smallest absolute Gasteiger partial charge is 0.251 e. The minimum atomic E-state index is -3.95. The zero-order valence-electron chi connectivity index (χ0n) is 15.5. The standard InChI is InChI=1S/C19H20FN3O4S2/c20-11-6-8-12(9-7-11)29(26,27)23-10-2-4-14(23)18(25)22-19-16(17(21)24)13-3-1-5-15(13)28-19/h6-9,14H,1-5,10H2,(H2,21,24)(H,22,25)/t14-/m0/s1. The number of rotatable bonds is 5. The number of fused-ring (bicyclic) bond motifs is 1. The molecule has 0 bridgehead atoms. The molecule has 3 N–H and O–H groups in total. The van der Waals surface area contributed by atoms with Crippen molar-refractivity contribution in [3.05, 3.63) is 46.1 Å². The number of nitrogens with zero attached hydrogens (tertiary/aromatic N) is 1. The highest BCUT2D eigenvalue weighted by molar-refractivity contribution is 7.89. The Labute approximate surface area is 171 Å². The number of hydrogen-bond donors (Lipinski definition) is 2. The summed E-state index contributed by atoms with van der Waals surface area (Å²) in [5.41, 5.74) is 6.75. The summed E-state index contributed by atoms with van der Waals surface area (Å²) in [6.45, 7) is 0.196. The molecule has 7 nitrogen and oxygen atoms in total. The van der Waals surface area contributed by atoms with Crippen molar-refractivity contribution in [2.24, 2.45) is 5.73 Å². The van der Waals surface area contributed by atoms with E-state index in [-0.39, 0.29) is 11.4 Å². The van der Waals surface area contributed by atoms with E-state index in [1.807, 2.05) is 0 Å². The van der Waals surface area contributed by atoms with Crippen molar-refractivity contribution in [2.45, 2.75) is 43.0 Å². The predicted octanol–water partition coefficient (Wildman–Crippen LogP) is 2.27. The minimum Gasteiger partial charge on any atom is -0.365 e. The van der Waals surface area contributed by atoms with Crippen LogP contribution in [0.2, 0.25) is 0 Å². The van der Waals surface area contributed by atoms with Crippen LogP contribution in [0.4, 0.5) is 9.39 Å². The Morgan fingerprint density at radius 1 is 1.17 bits per heavy atom. The molecule has 0 saturated carbocycles. The SMILES string of the molecule is NC(=O)c1c(NC(=O)[C@@H]2CCCN2S(=O)(=O)c2ccc(F)cc2)sc2c1CCC2. The van der Waals surface area contributed by atoms with Gasteiger partial charge < -0.3 is 11.1 Å². The molecule has 1 aliphatic heterocycles. The molecule has 29 heavy (non-hydrogen) atoms. The number of thiophene rings is 1. The summed E-state index contributed by atoms with van der Waals surface area (Å²) < 4.78 is 40.2. The third-order valence-corrected chi connectivity index (χ3v) is 8.46. The lowest BCUT2D eigenvalue weighted by Crippen LogP contribution is -2.43. The molecular formula is C19H20FN3O4S2. The van der Waals surface area contributed by atoms with Gasteiger partial charge in [0.15, 0.2) is 0 Å². The Morgan fingerprint density at radius 3 is 2.59 bits per heavy atom. The molecule has 2 amide bonds. The van der Waals surface area contributed by atoms with E-state index in [1.54, 1.807) is 0 Å². The van der Waals surface area contributed by atoms with Gasteiger partial charge in [-0.2, -0.15) is 4.31 Å². The van der Waals surface area contributed by atoms with Crippen LogP contribution in [0.25, 0.3) is 0 Å². The van der Waals surface area contributed by atoms with Gasteiger partial charge in [-0.25, -0.2) is 12.8 Å². The van der Waals surface area contributed by atoms with E-state index in [4.69, 9.17) is 5.73 Å². The van der Waals surface area contributed by atoms with Crippen molar-refractivity contribution >= 4 is 38.2 Å². The Kier molecular flexibility index (Phi) is 5.18. The summed E-state index contributed by atoms with van der Waals surface area (Å²) >= 11 is 1.33. The number of halogens is 1. The molecule has 0 spiro atoms. The first kappa shape index (κ1) is 20.0. The lowest BCUT2D eigenvalue weighted by Gasteiger charge is -2.23. The van der Waals surface area contributed by atoms with Crippen molar-refractivity contribution < 1.29 is 22.4 Å². The molecule has 4 rings (SSSR count). The van der Waals surface area contributed by atoms with Gasteiger partial charge in [-0.1, -0.05) is 0 Å². The average Bonchev–Trinajstić information content (AvgIpc) is 3.37. The number of nitrogens with two attached hydrogens (primary N) is 1. The highest BCUT2D eigenvalue weighted by atomic mass is 32.2. The van der Waals surface area contributed by atoms with Crippen molar-refractivity contribution in [2.75, 3.05) is 11.9 Å². The number of carbonyl (C=O) groups is 2. The first-order valence-electron chi connectivity index (χ1n) is 9.31. The second-order valence-corrected chi connectivity index (χ2v) is 10.1. The summed E-state index contributed by atoms with van der Waals surface area (Å²) in [6, 6.07) is 3.62. The highest BCUT2D eigenvalue weighted by Crippen LogP contribution is 2.39. The first-order chi connectivity index (χ1) is 13.8. The monoisotopic (exact) mass is 437 g/mol. The van der Waals surface area contributed by atoms with E-state index >= 15 is 0 Å². The molecule has 2 aromatic rings. The van der Waals surface area contributed by atoms with Gasteiger partial charge in [-0.3, -0.25) is 9.59 Å². The Morgan fingerprint density at radius 2 is 1.90 bits per heavy atom. The molecule has 1 fully saturated rings. The molecule has 1 aromatic heterocycles. The first-order valence-corrected chi connectivity index (χ1v) is 11.6. The van der Waals surface area contributed by atoms with Crippen molar-refractivity contribution in [3.8, 4) is 0 Å². The molecular weight excluding hydrogens is 417 g/mol. The molecule has 2 aliphatic rings. The van der Waals surface area contributed by atoms with E-state index in [0.717, 1.165) is 46.1 Å². The van der Waals surface area contributed by atoms with Crippen LogP contribution < -0.4 is 11.1 Å². The average molecular weight is 438 g/mol. The third-order valence-electron chi connectivity index (χ3n) is 5.33. The summed E-state index contributed by atoms with van der Waals surface area (Å²) in [5.74, 6) is -1.62. The van der Waals surface area contributed by atoms with Crippen LogP contribution in [0.15, 0.2) is 29.2 Å². The normalized spacial score (nSPS) is 19.3. The Bertz CT molecular complexity index is 1080. The second kappa shape index (κ2) is 7.51. The zero-order chi connectivity index (χ0) is 20.8. The Balaban J connectivity index is 1.59. The second-order valence-electron chi connectivity index (χ2n) is 7.14. The maximum absolute atomic E-state index is 13.2. The molecule has 0 unspecified atom stereocenters. The van der Waals surface area contributed by atoms with E-state index < -0.39 is 33.7 Å². The van der Waals surface area contributed by atoms with Crippen molar-refractivity contribution in [3.63, 3.8) is 0 Å². The molecule has 2 heterocycles. The van der Waals surface area contributed by atoms with Gasteiger partial charge in [0.1, 0.15) is 16.9 Å². The van der Waals surface area contributed by atoms with Gasteiger partial charge in [-0.05, 0) is 61.9 Å². The molecule has 0 radical (unpaired) electrons. The van der Waals surface area contributed by atoms with E-state index in [0.29, 0.717) is 23.4 Å². The van der Waals surface area contributed by atoms with Gasteiger partial charge in [-0.15, -0.1) is 11.3 Å². The quantitative estimate of drug-likeness (QED) is 0.748. The summed E-state index contributed by atoms with van der Waals surface area (Å²) in [7, 11) is -3.95. The fourth-order valence-corrected chi connectivity index (χ4v) is 6.93. The molecule has 1 atom stereocenters. The fourth-order valence-electron chi connectivity index (χ4n) is 3.98. The molecule has 1 aliphatic carbocycles. The Hall–Kier alpha value is -2.30. The lowest BCUT2D eigenvalue weighted by atomic mass is 10.1. The number of amides is 2. The van der Waals surface area contributed by atoms with Crippen molar-refractivity contribution in [1.29, 1.82) is 0 Å². The fraction of sp³-hybridized carbons (Fsp3) is 0.368. The maximum atomic E-state index is 13.2. The maximum Gasteiger partial charge on any atom is 0.251 e. The number of anilines is 1. The summed E-state index contributed by atoms with van der Waals surface area (Å²) in [5, 5.41) is 3.13. The van der Waals surface area contributed by atoms with Gasteiger partial charge in [0.25, 0.3) is 5.91 Å². The van der Waals surface area contributed by atoms with Crippen LogP contribution in [0.1, 0.15) is 40.1 Å². The molecule has 154 valence electrons. The zero-order valence-corrected chi connectivity index (χ0v) is 17.1. The van der Waals surface area contributed by atoms with E-state index in [2.05, 4.69) is 5.32 Å². The van der Waals surface area contributed by atoms with Gasteiger partial charge in [0.05, 0.1) is 10.5 Å². The number of carbonyl (C=O) groups excluding carboxylic acids is 2. The van der Waals surface area contributed by atoms with Crippen LogP contribution in [-0.4, -0.2) is 37.1 Å². The number of aryl methyl sites for hydroxylation is 1. The van der Waals surface area contributed by atoms with Crippen LogP contribution in [-0.2, 0) is 27.7 Å². The number of benzene rings is 1. The summed E-state index contributed by atoms with van der Waals surface area (Å²) in [6.07, 6.45) is 3.42. The molecule has 1 saturated heterocycles. The number of nitrogens with one attached hydrogen (secondary N) is 1.